The van der Waals surface area contributed by atoms with Crippen LogP contribution in [0.4, 0.5) is 0 Å². The zero-order valence-electron chi connectivity index (χ0n) is 11.6. The summed E-state index contributed by atoms with van der Waals surface area (Å²) < 4.78 is 5.37. The fourth-order valence-electron chi connectivity index (χ4n) is 3.18. The second-order valence-corrected chi connectivity index (χ2v) is 5.84. The van der Waals surface area contributed by atoms with Crippen molar-refractivity contribution in [2.45, 2.75) is 46.1 Å². The predicted octanol–water partition coefficient (Wildman–Crippen LogP) is 2.16. The van der Waals surface area contributed by atoms with Crippen LogP contribution in [-0.4, -0.2) is 35.5 Å². The number of rotatable bonds is 6. The van der Waals surface area contributed by atoms with Crippen molar-refractivity contribution in [1.82, 2.24) is 0 Å². The number of aliphatic hydroxyl groups excluding tert-OH is 1. The highest BCUT2D eigenvalue weighted by atomic mass is 16.5. The summed E-state index contributed by atoms with van der Waals surface area (Å²) in [6.45, 7) is 6.46. The van der Waals surface area contributed by atoms with Crippen molar-refractivity contribution in [2.75, 3.05) is 13.2 Å². The van der Waals surface area contributed by atoms with E-state index in [-0.39, 0.29) is 19.1 Å². The van der Waals surface area contributed by atoms with Gasteiger partial charge < -0.3 is 14.9 Å². The predicted molar refractivity (Wildman–Crippen MR) is 69.3 cm³/mol. The first kappa shape index (κ1) is 15.4. The summed E-state index contributed by atoms with van der Waals surface area (Å²) in [5.41, 5.74) is 0. The van der Waals surface area contributed by atoms with Gasteiger partial charge in [0.15, 0.2) is 6.10 Å². The molecule has 0 radical (unpaired) electrons. The number of carboxylic acid groups (broad SMARTS) is 1. The Morgan fingerprint density at radius 1 is 1.33 bits per heavy atom. The molecule has 0 amide bonds. The van der Waals surface area contributed by atoms with Gasteiger partial charge in [0.25, 0.3) is 0 Å². The number of aliphatic carboxylic acids is 1. The summed E-state index contributed by atoms with van der Waals surface area (Å²) in [4.78, 5) is 11.4. The molecule has 4 atom stereocenters. The van der Waals surface area contributed by atoms with Crippen molar-refractivity contribution < 1.29 is 19.7 Å². The Labute approximate surface area is 109 Å². The van der Waals surface area contributed by atoms with E-state index >= 15 is 0 Å². The van der Waals surface area contributed by atoms with E-state index in [2.05, 4.69) is 20.8 Å². The van der Waals surface area contributed by atoms with E-state index < -0.39 is 12.1 Å². The lowest BCUT2D eigenvalue weighted by atomic mass is 9.68. The van der Waals surface area contributed by atoms with Gasteiger partial charge in [0.1, 0.15) is 0 Å². The molecule has 1 saturated carbocycles. The maximum absolute atomic E-state index is 11.4. The lowest BCUT2D eigenvalue weighted by molar-refractivity contribution is -0.159. The van der Waals surface area contributed by atoms with Crippen molar-refractivity contribution in [1.29, 1.82) is 0 Å². The molecule has 106 valence electrons. The van der Waals surface area contributed by atoms with E-state index in [1.54, 1.807) is 0 Å². The van der Waals surface area contributed by atoms with Gasteiger partial charge in [0.2, 0.25) is 0 Å². The van der Waals surface area contributed by atoms with E-state index in [9.17, 15) is 9.90 Å². The number of carbonyl (C=O) groups is 1. The van der Waals surface area contributed by atoms with Gasteiger partial charge in [-0.15, -0.1) is 0 Å². The molecule has 4 heteroatoms. The van der Waals surface area contributed by atoms with E-state index in [1.165, 1.54) is 6.42 Å². The molecule has 0 heterocycles. The fraction of sp³-hybridized carbons (Fsp3) is 0.929. The van der Waals surface area contributed by atoms with Crippen LogP contribution in [0, 0.1) is 23.7 Å². The smallest absolute Gasteiger partial charge is 0.333 e. The number of aliphatic hydroxyl groups is 1. The van der Waals surface area contributed by atoms with Crippen molar-refractivity contribution in [2.24, 2.45) is 23.7 Å². The van der Waals surface area contributed by atoms with Crippen LogP contribution in [0.5, 0.6) is 0 Å². The minimum Gasteiger partial charge on any atom is -0.479 e. The van der Waals surface area contributed by atoms with Crippen LogP contribution < -0.4 is 0 Å². The molecule has 4 nitrogen and oxygen atoms in total. The molecule has 2 N–H and O–H groups in total. The van der Waals surface area contributed by atoms with Gasteiger partial charge in [-0.25, -0.2) is 4.79 Å². The molecule has 0 aliphatic heterocycles. The standard InChI is InChI=1S/C14H26O4/c1-9(2)11-5-4-10(3)8-12(11)13(14(16)17)18-7-6-15/h9-13,15H,4-8H2,1-3H3,(H,16,17)/t10-,11+,12+,13?/m1/s1. The molecule has 0 aromatic rings. The maximum Gasteiger partial charge on any atom is 0.333 e. The third-order valence-electron chi connectivity index (χ3n) is 4.09. The molecule has 0 aromatic carbocycles. The van der Waals surface area contributed by atoms with Gasteiger partial charge in [-0.05, 0) is 36.5 Å². The van der Waals surface area contributed by atoms with Gasteiger partial charge in [-0.1, -0.05) is 27.2 Å². The summed E-state index contributed by atoms with van der Waals surface area (Å²) in [5.74, 6) is 0.610. The van der Waals surface area contributed by atoms with Crippen molar-refractivity contribution >= 4 is 5.97 Å². The molecule has 0 aromatic heterocycles. The van der Waals surface area contributed by atoms with Crippen LogP contribution >= 0.6 is 0 Å². The molecule has 1 rings (SSSR count). The third-order valence-corrected chi connectivity index (χ3v) is 4.09. The Morgan fingerprint density at radius 3 is 2.50 bits per heavy atom. The summed E-state index contributed by atoms with van der Waals surface area (Å²) >= 11 is 0. The fourth-order valence-corrected chi connectivity index (χ4v) is 3.18. The molecule has 1 aliphatic rings. The monoisotopic (exact) mass is 258 g/mol. The first-order valence-corrected chi connectivity index (χ1v) is 6.92. The first-order chi connectivity index (χ1) is 8.47. The summed E-state index contributed by atoms with van der Waals surface area (Å²) in [6, 6.07) is 0. The quantitative estimate of drug-likeness (QED) is 0.766. The van der Waals surface area contributed by atoms with Crippen molar-refractivity contribution in [3.63, 3.8) is 0 Å². The maximum atomic E-state index is 11.4. The summed E-state index contributed by atoms with van der Waals surface area (Å²) in [7, 11) is 0. The van der Waals surface area contributed by atoms with E-state index in [1.807, 2.05) is 0 Å². The highest BCUT2D eigenvalue weighted by molar-refractivity contribution is 5.72. The zero-order chi connectivity index (χ0) is 13.7. The highest BCUT2D eigenvalue weighted by Gasteiger charge is 2.39. The number of hydrogen-bond acceptors (Lipinski definition) is 3. The molecule has 1 unspecified atom stereocenters. The van der Waals surface area contributed by atoms with Gasteiger partial charge in [-0.2, -0.15) is 0 Å². The molecule has 0 saturated heterocycles. The van der Waals surface area contributed by atoms with Gasteiger partial charge >= 0.3 is 5.97 Å². The second-order valence-electron chi connectivity index (χ2n) is 5.84. The molecule has 1 aliphatic carbocycles. The topological polar surface area (TPSA) is 66.8 Å². The zero-order valence-corrected chi connectivity index (χ0v) is 11.6. The average Bonchev–Trinajstić information content (AvgIpc) is 2.28. The van der Waals surface area contributed by atoms with Crippen LogP contribution in [0.25, 0.3) is 0 Å². The van der Waals surface area contributed by atoms with Crippen LogP contribution in [0.1, 0.15) is 40.0 Å². The molecule has 18 heavy (non-hydrogen) atoms. The summed E-state index contributed by atoms with van der Waals surface area (Å²) in [6.07, 6.45) is 2.39. The van der Waals surface area contributed by atoms with Crippen molar-refractivity contribution in [3.8, 4) is 0 Å². The largest absolute Gasteiger partial charge is 0.479 e. The Morgan fingerprint density at radius 2 is 2.00 bits per heavy atom. The number of hydrogen-bond donors (Lipinski definition) is 2. The molecule has 0 spiro atoms. The lowest BCUT2D eigenvalue weighted by Gasteiger charge is -2.40. The Kier molecular flexibility index (Phi) is 6.09. The average molecular weight is 258 g/mol. The van der Waals surface area contributed by atoms with Gasteiger partial charge in [-0.3, -0.25) is 0 Å². The minimum atomic E-state index is -0.895. The molecular weight excluding hydrogens is 232 g/mol. The van der Waals surface area contributed by atoms with E-state index in [0.29, 0.717) is 17.8 Å². The Balaban J connectivity index is 2.79. The molecule has 1 fully saturated rings. The normalized spacial score (nSPS) is 30.4. The summed E-state index contributed by atoms with van der Waals surface area (Å²) in [5, 5.41) is 18.1. The van der Waals surface area contributed by atoms with Crippen LogP contribution in [0.2, 0.25) is 0 Å². The number of ether oxygens (including phenoxy) is 1. The first-order valence-electron chi connectivity index (χ1n) is 6.92. The van der Waals surface area contributed by atoms with Crippen LogP contribution in [-0.2, 0) is 9.53 Å². The van der Waals surface area contributed by atoms with Crippen molar-refractivity contribution in [3.05, 3.63) is 0 Å². The molecular formula is C14H26O4. The second kappa shape index (κ2) is 7.10. The van der Waals surface area contributed by atoms with Crippen LogP contribution in [0.15, 0.2) is 0 Å². The minimum absolute atomic E-state index is 0.0674. The third kappa shape index (κ3) is 3.95. The van der Waals surface area contributed by atoms with E-state index in [0.717, 1.165) is 12.8 Å². The van der Waals surface area contributed by atoms with Crippen LogP contribution in [0.3, 0.4) is 0 Å². The highest BCUT2D eigenvalue weighted by Crippen LogP contribution is 2.40. The Bertz CT molecular complexity index is 265. The Hall–Kier alpha value is -0.610. The molecule has 0 bridgehead atoms. The SMILES string of the molecule is CC(C)[C@@H]1CC[C@@H](C)C[C@@H]1C(OCCO)C(=O)O. The van der Waals surface area contributed by atoms with E-state index in [4.69, 9.17) is 9.84 Å². The van der Waals surface area contributed by atoms with Gasteiger partial charge in [0.05, 0.1) is 13.2 Å². The number of carboxylic acids is 1. The lowest BCUT2D eigenvalue weighted by Crippen LogP contribution is -2.42. The van der Waals surface area contributed by atoms with Gasteiger partial charge in [0, 0.05) is 0 Å².